The van der Waals surface area contributed by atoms with Gasteiger partial charge in [-0.15, -0.1) is 11.3 Å². The van der Waals surface area contributed by atoms with E-state index in [0.717, 1.165) is 21.0 Å². The molecule has 0 unspecified atom stereocenters. The summed E-state index contributed by atoms with van der Waals surface area (Å²) in [5.41, 5.74) is 0.944. The van der Waals surface area contributed by atoms with Crippen LogP contribution in [-0.4, -0.2) is 11.0 Å². The van der Waals surface area contributed by atoms with Crippen LogP contribution < -0.4 is 0 Å². The lowest BCUT2D eigenvalue weighted by Gasteiger charge is -2.01. The molecule has 20 heavy (non-hydrogen) atoms. The zero-order valence-corrected chi connectivity index (χ0v) is 11.6. The van der Waals surface area contributed by atoms with Crippen molar-refractivity contribution in [2.24, 2.45) is 0 Å². The molecule has 0 aliphatic heterocycles. The number of nitrogens with zero attached hydrogens (tertiary/aromatic N) is 1. The minimum Gasteiger partial charge on any atom is -0.469 e. The topological polar surface area (TPSA) is 52.3 Å². The van der Waals surface area contributed by atoms with Crippen LogP contribution in [-0.2, 0) is 22.6 Å². The second-order valence-corrected chi connectivity index (χ2v) is 5.43. The number of furan rings is 1. The number of benzene rings is 1. The monoisotopic (exact) mass is 287 g/mol. The second kappa shape index (κ2) is 5.88. The van der Waals surface area contributed by atoms with Crippen LogP contribution in [0.2, 0.25) is 0 Å². The molecule has 0 radical (unpaired) electrons. The Hall–Kier alpha value is -2.14. The normalized spacial score (nSPS) is 10.8. The number of rotatable bonds is 5. The number of aromatic nitrogens is 1. The standard InChI is InChI=1S/C15H13NO3S/c17-15(8-7-11-4-3-9-18-11)19-10-14-16-12-5-1-2-6-13(12)20-14/h1-6,9H,7-8,10H2. The molecule has 2 aromatic heterocycles. The summed E-state index contributed by atoms with van der Waals surface area (Å²) in [5.74, 6) is 0.558. The first kappa shape index (κ1) is 12.9. The Morgan fingerprint density at radius 3 is 2.95 bits per heavy atom. The van der Waals surface area contributed by atoms with Crippen LogP contribution in [0.3, 0.4) is 0 Å². The van der Waals surface area contributed by atoms with E-state index >= 15 is 0 Å². The molecule has 0 atom stereocenters. The molecule has 0 spiro atoms. The van der Waals surface area contributed by atoms with E-state index < -0.39 is 0 Å². The molecule has 2 heterocycles. The number of hydrogen-bond acceptors (Lipinski definition) is 5. The number of carbonyl (C=O) groups excluding carboxylic acids is 1. The fraction of sp³-hybridized carbons (Fsp3) is 0.200. The summed E-state index contributed by atoms with van der Waals surface area (Å²) >= 11 is 1.55. The van der Waals surface area contributed by atoms with Gasteiger partial charge in [0, 0.05) is 6.42 Å². The molecular weight excluding hydrogens is 274 g/mol. The third-order valence-electron chi connectivity index (χ3n) is 2.85. The first-order valence-electron chi connectivity index (χ1n) is 6.34. The van der Waals surface area contributed by atoms with Gasteiger partial charge in [0.2, 0.25) is 0 Å². The van der Waals surface area contributed by atoms with Gasteiger partial charge in [-0.1, -0.05) is 12.1 Å². The molecule has 0 aliphatic rings. The first-order valence-corrected chi connectivity index (χ1v) is 7.15. The lowest BCUT2D eigenvalue weighted by molar-refractivity contribution is -0.145. The SMILES string of the molecule is O=C(CCc1ccco1)OCc1nc2ccccc2s1. The average Bonchev–Trinajstić information content (AvgIpc) is 3.11. The van der Waals surface area contributed by atoms with E-state index in [1.54, 1.807) is 17.6 Å². The van der Waals surface area contributed by atoms with Gasteiger partial charge >= 0.3 is 5.97 Å². The Balaban J connectivity index is 1.52. The molecule has 3 aromatic rings. The van der Waals surface area contributed by atoms with E-state index in [2.05, 4.69) is 4.98 Å². The van der Waals surface area contributed by atoms with Crippen molar-refractivity contribution < 1.29 is 13.9 Å². The molecule has 0 saturated carbocycles. The number of ether oxygens (including phenoxy) is 1. The van der Waals surface area contributed by atoms with Gasteiger partial charge in [0.05, 0.1) is 22.9 Å². The fourth-order valence-corrected chi connectivity index (χ4v) is 2.76. The molecule has 0 bridgehead atoms. The molecule has 4 nitrogen and oxygen atoms in total. The summed E-state index contributed by atoms with van der Waals surface area (Å²) in [6.07, 6.45) is 2.48. The summed E-state index contributed by atoms with van der Waals surface area (Å²) in [6, 6.07) is 11.5. The summed E-state index contributed by atoms with van der Waals surface area (Å²) in [6.45, 7) is 0.232. The number of aryl methyl sites for hydroxylation is 1. The van der Waals surface area contributed by atoms with Gasteiger partial charge in [-0.3, -0.25) is 4.79 Å². The van der Waals surface area contributed by atoms with Gasteiger partial charge < -0.3 is 9.15 Å². The smallest absolute Gasteiger partial charge is 0.306 e. The minimum absolute atomic E-state index is 0.232. The highest BCUT2D eigenvalue weighted by molar-refractivity contribution is 7.18. The largest absolute Gasteiger partial charge is 0.469 e. The number of para-hydroxylation sites is 1. The summed E-state index contributed by atoms with van der Waals surface area (Å²) in [7, 11) is 0. The van der Waals surface area contributed by atoms with Crippen LogP contribution in [0, 0.1) is 0 Å². The van der Waals surface area contributed by atoms with Crippen LogP contribution in [0.25, 0.3) is 10.2 Å². The van der Waals surface area contributed by atoms with Crippen LogP contribution in [0.5, 0.6) is 0 Å². The third-order valence-corrected chi connectivity index (χ3v) is 3.86. The van der Waals surface area contributed by atoms with Crippen molar-refractivity contribution >= 4 is 27.5 Å². The predicted molar refractivity (Wildman–Crippen MR) is 76.4 cm³/mol. The molecule has 5 heteroatoms. The van der Waals surface area contributed by atoms with Crippen molar-refractivity contribution in [3.05, 3.63) is 53.4 Å². The first-order chi connectivity index (χ1) is 9.81. The Bertz CT molecular complexity index is 670. The minimum atomic E-state index is -0.236. The van der Waals surface area contributed by atoms with E-state index in [-0.39, 0.29) is 12.6 Å². The molecule has 0 saturated heterocycles. The molecule has 102 valence electrons. The van der Waals surface area contributed by atoms with Crippen LogP contribution in [0.15, 0.2) is 47.1 Å². The number of hydrogen-bond donors (Lipinski definition) is 0. The van der Waals surface area contributed by atoms with Crippen molar-refractivity contribution in [3.63, 3.8) is 0 Å². The van der Waals surface area contributed by atoms with E-state index in [4.69, 9.17) is 9.15 Å². The number of esters is 1. The van der Waals surface area contributed by atoms with Crippen LogP contribution in [0.4, 0.5) is 0 Å². The second-order valence-electron chi connectivity index (χ2n) is 4.32. The highest BCUT2D eigenvalue weighted by Gasteiger charge is 2.08. The summed E-state index contributed by atoms with van der Waals surface area (Å²) in [5, 5.41) is 0.817. The van der Waals surface area contributed by atoms with Crippen LogP contribution in [0.1, 0.15) is 17.2 Å². The van der Waals surface area contributed by atoms with Gasteiger partial charge in [0.1, 0.15) is 17.4 Å². The number of fused-ring (bicyclic) bond motifs is 1. The third kappa shape index (κ3) is 3.05. The van der Waals surface area contributed by atoms with Gasteiger partial charge in [-0.2, -0.15) is 0 Å². The lowest BCUT2D eigenvalue weighted by atomic mass is 10.2. The maximum absolute atomic E-state index is 11.6. The van der Waals surface area contributed by atoms with Crippen molar-refractivity contribution in [1.82, 2.24) is 4.98 Å². The molecule has 0 amide bonds. The average molecular weight is 287 g/mol. The molecule has 1 aromatic carbocycles. The lowest BCUT2D eigenvalue weighted by Crippen LogP contribution is -2.05. The van der Waals surface area contributed by atoms with E-state index in [1.165, 1.54) is 0 Å². The van der Waals surface area contributed by atoms with Gasteiger partial charge in [-0.25, -0.2) is 4.98 Å². The van der Waals surface area contributed by atoms with Gasteiger partial charge in [0.15, 0.2) is 0 Å². The molecule has 3 rings (SSSR count). The van der Waals surface area contributed by atoms with Gasteiger partial charge in [-0.05, 0) is 24.3 Å². The van der Waals surface area contributed by atoms with Crippen molar-refractivity contribution in [2.45, 2.75) is 19.4 Å². The fourth-order valence-electron chi connectivity index (χ4n) is 1.88. The Morgan fingerprint density at radius 2 is 2.15 bits per heavy atom. The van der Waals surface area contributed by atoms with Crippen molar-refractivity contribution in [3.8, 4) is 0 Å². The predicted octanol–water partition coefficient (Wildman–Crippen LogP) is 3.57. The highest BCUT2D eigenvalue weighted by atomic mass is 32.1. The summed E-state index contributed by atoms with van der Waals surface area (Å²) in [4.78, 5) is 16.1. The zero-order valence-electron chi connectivity index (χ0n) is 10.7. The molecule has 0 N–H and O–H groups in total. The maximum atomic E-state index is 11.6. The summed E-state index contributed by atoms with van der Waals surface area (Å²) < 4.78 is 11.5. The van der Waals surface area contributed by atoms with E-state index in [1.807, 2.05) is 36.4 Å². The van der Waals surface area contributed by atoms with Gasteiger partial charge in [0.25, 0.3) is 0 Å². The van der Waals surface area contributed by atoms with Crippen LogP contribution >= 0.6 is 11.3 Å². The maximum Gasteiger partial charge on any atom is 0.306 e. The van der Waals surface area contributed by atoms with E-state index in [0.29, 0.717) is 12.8 Å². The Morgan fingerprint density at radius 1 is 1.25 bits per heavy atom. The molecule has 0 aliphatic carbocycles. The number of carbonyl (C=O) groups is 1. The highest BCUT2D eigenvalue weighted by Crippen LogP contribution is 2.22. The Labute approximate surface area is 120 Å². The quantitative estimate of drug-likeness (QED) is 0.673. The van der Waals surface area contributed by atoms with Crippen molar-refractivity contribution in [1.29, 1.82) is 0 Å². The Kier molecular flexibility index (Phi) is 3.78. The zero-order chi connectivity index (χ0) is 13.8. The van der Waals surface area contributed by atoms with Crippen molar-refractivity contribution in [2.75, 3.05) is 0 Å². The van der Waals surface area contributed by atoms with E-state index in [9.17, 15) is 4.79 Å². The molecular formula is C15H13NO3S. The molecule has 0 fully saturated rings. The number of thiazole rings is 1.